The average Bonchev–Trinajstić information content (AvgIpc) is 2.60. The van der Waals surface area contributed by atoms with E-state index < -0.39 is 11.7 Å². The minimum atomic E-state index is -4.30. The summed E-state index contributed by atoms with van der Waals surface area (Å²) in [6.07, 6.45) is -2.48. The van der Waals surface area contributed by atoms with Crippen LogP contribution in [-0.2, 0) is 12.7 Å². The Morgan fingerprint density at radius 3 is 2.17 bits per heavy atom. The van der Waals surface area contributed by atoms with Crippen LogP contribution in [0.3, 0.4) is 0 Å². The van der Waals surface area contributed by atoms with E-state index in [1.807, 2.05) is 0 Å². The molecule has 0 fully saturated rings. The number of alkyl halides is 3. The van der Waals surface area contributed by atoms with E-state index in [0.29, 0.717) is 5.56 Å². The summed E-state index contributed by atoms with van der Waals surface area (Å²) < 4.78 is 41.9. The average molecular weight is 339 g/mol. The third-order valence-electron chi connectivity index (χ3n) is 3.03. The third-order valence-corrected chi connectivity index (χ3v) is 3.03. The van der Waals surface area contributed by atoms with Gasteiger partial charge in [0, 0.05) is 12.1 Å². The molecule has 2 rings (SSSR count). The Bertz CT molecular complexity index is 625. The highest BCUT2D eigenvalue weighted by atomic mass is 19.4. The topological polar surface area (TPSA) is 52.3 Å². The molecule has 24 heavy (non-hydrogen) atoms. The Balaban J connectivity index is 0.000000240. The molecule has 2 aromatic rings. The second kappa shape index (κ2) is 9.72. The molecular weight excluding hydrogens is 319 g/mol. The lowest BCUT2D eigenvalue weighted by Gasteiger charge is -2.10. The number of carbonyl (C=O) groups excluding carboxylic acids is 1. The van der Waals surface area contributed by atoms with Gasteiger partial charge in [-0.3, -0.25) is 4.79 Å². The van der Waals surface area contributed by atoms with Gasteiger partial charge in [0.2, 0.25) is 0 Å². The van der Waals surface area contributed by atoms with Crippen LogP contribution in [0.2, 0.25) is 0 Å². The molecule has 0 heterocycles. The molecule has 2 N–H and O–H groups in total. The first-order valence-electron chi connectivity index (χ1n) is 7.45. The molecule has 0 saturated heterocycles. The van der Waals surface area contributed by atoms with Crippen LogP contribution in [0.4, 0.5) is 13.2 Å². The number of carbonyl (C=O) groups is 1. The zero-order valence-electron chi connectivity index (χ0n) is 13.3. The fraction of sp³-hybridized carbons (Fsp3) is 0.278. The van der Waals surface area contributed by atoms with E-state index >= 15 is 0 Å². The molecule has 0 radical (unpaired) electrons. The Hall–Kier alpha value is -2.34. The largest absolute Gasteiger partial charge is 0.494 e. The van der Waals surface area contributed by atoms with E-state index in [-0.39, 0.29) is 12.1 Å². The molecule has 0 atom stereocenters. The van der Waals surface area contributed by atoms with Crippen LogP contribution in [0.25, 0.3) is 0 Å². The smallest absolute Gasteiger partial charge is 0.416 e. The second-order valence-electron chi connectivity index (χ2n) is 4.89. The van der Waals surface area contributed by atoms with Crippen molar-refractivity contribution >= 4 is 6.29 Å². The summed E-state index contributed by atoms with van der Waals surface area (Å²) in [5.74, 6) is 0.822. The third kappa shape index (κ3) is 6.42. The summed E-state index contributed by atoms with van der Waals surface area (Å²) in [6.45, 7) is 2.69. The number of benzene rings is 2. The molecular formula is C18H20F3NO2. The first kappa shape index (κ1) is 19.7. The summed E-state index contributed by atoms with van der Waals surface area (Å²) in [7, 11) is 0. The molecule has 0 saturated carbocycles. The van der Waals surface area contributed by atoms with Gasteiger partial charge in [-0.05, 0) is 42.3 Å². The number of hydrogen-bond donors (Lipinski definition) is 1. The number of halogens is 3. The van der Waals surface area contributed by atoms with Gasteiger partial charge in [-0.1, -0.05) is 25.1 Å². The molecule has 0 aliphatic heterocycles. The Morgan fingerprint density at radius 2 is 1.71 bits per heavy atom. The quantitative estimate of drug-likeness (QED) is 0.819. The summed E-state index contributed by atoms with van der Waals surface area (Å²) >= 11 is 0. The van der Waals surface area contributed by atoms with Gasteiger partial charge in [-0.15, -0.1) is 0 Å². The van der Waals surface area contributed by atoms with E-state index in [9.17, 15) is 18.0 Å². The van der Waals surface area contributed by atoms with Crippen molar-refractivity contribution in [3.8, 4) is 5.75 Å². The fourth-order valence-corrected chi connectivity index (χ4v) is 1.84. The molecule has 2 aromatic carbocycles. The standard InChI is InChI=1S/C10H12O2.C8H8F3N/c1-2-7-12-10-5-3-9(8-11)4-6-10;9-8(10,11)7-4-2-1-3-6(7)5-12/h3-6,8H,2,7H2,1H3;1-4H,5,12H2. The zero-order valence-corrected chi connectivity index (χ0v) is 13.3. The maximum absolute atomic E-state index is 12.2. The van der Waals surface area contributed by atoms with Gasteiger partial charge in [0.05, 0.1) is 12.2 Å². The van der Waals surface area contributed by atoms with Crippen LogP contribution in [-0.4, -0.2) is 12.9 Å². The first-order valence-corrected chi connectivity index (χ1v) is 7.45. The molecule has 0 spiro atoms. The molecule has 0 amide bonds. The van der Waals surface area contributed by atoms with E-state index in [2.05, 4.69) is 6.92 Å². The van der Waals surface area contributed by atoms with Crippen molar-refractivity contribution in [3.05, 3.63) is 65.2 Å². The summed E-state index contributed by atoms with van der Waals surface area (Å²) in [5.41, 5.74) is 5.31. The van der Waals surface area contributed by atoms with E-state index in [4.69, 9.17) is 10.5 Å². The molecule has 0 aliphatic carbocycles. The number of nitrogens with two attached hydrogens (primary N) is 1. The predicted molar refractivity (Wildman–Crippen MR) is 87.0 cm³/mol. The van der Waals surface area contributed by atoms with Crippen molar-refractivity contribution in [2.45, 2.75) is 26.1 Å². The molecule has 6 heteroatoms. The van der Waals surface area contributed by atoms with Crippen LogP contribution < -0.4 is 10.5 Å². The van der Waals surface area contributed by atoms with Crippen LogP contribution in [0.1, 0.15) is 34.8 Å². The van der Waals surface area contributed by atoms with Gasteiger partial charge in [-0.2, -0.15) is 13.2 Å². The van der Waals surface area contributed by atoms with Crippen molar-refractivity contribution in [2.75, 3.05) is 6.61 Å². The number of ether oxygens (including phenoxy) is 1. The van der Waals surface area contributed by atoms with Crippen molar-refractivity contribution in [1.82, 2.24) is 0 Å². The first-order chi connectivity index (χ1) is 11.4. The van der Waals surface area contributed by atoms with Crippen molar-refractivity contribution < 1.29 is 22.7 Å². The minimum Gasteiger partial charge on any atom is -0.494 e. The second-order valence-corrected chi connectivity index (χ2v) is 4.89. The van der Waals surface area contributed by atoms with Crippen LogP contribution >= 0.6 is 0 Å². The summed E-state index contributed by atoms with van der Waals surface area (Å²) in [5, 5.41) is 0. The summed E-state index contributed by atoms with van der Waals surface area (Å²) in [6, 6.07) is 12.4. The number of rotatable bonds is 5. The van der Waals surface area contributed by atoms with Gasteiger partial charge in [0.1, 0.15) is 12.0 Å². The Labute approximate surface area is 139 Å². The van der Waals surface area contributed by atoms with E-state index in [0.717, 1.165) is 31.1 Å². The Kier molecular flexibility index (Phi) is 7.98. The van der Waals surface area contributed by atoms with Crippen molar-refractivity contribution in [1.29, 1.82) is 0 Å². The highest BCUT2D eigenvalue weighted by Gasteiger charge is 2.32. The van der Waals surface area contributed by atoms with Crippen LogP contribution in [0.15, 0.2) is 48.5 Å². The Morgan fingerprint density at radius 1 is 1.08 bits per heavy atom. The highest BCUT2D eigenvalue weighted by molar-refractivity contribution is 5.74. The van der Waals surface area contributed by atoms with Crippen molar-refractivity contribution in [2.24, 2.45) is 5.73 Å². The van der Waals surface area contributed by atoms with Crippen LogP contribution in [0.5, 0.6) is 5.75 Å². The van der Waals surface area contributed by atoms with Gasteiger partial charge >= 0.3 is 6.18 Å². The maximum atomic E-state index is 12.2. The molecule has 0 aromatic heterocycles. The molecule has 130 valence electrons. The van der Waals surface area contributed by atoms with Crippen molar-refractivity contribution in [3.63, 3.8) is 0 Å². The number of aldehydes is 1. The normalized spacial score (nSPS) is 10.5. The van der Waals surface area contributed by atoms with E-state index in [1.165, 1.54) is 18.2 Å². The number of hydrogen-bond acceptors (Lipinski definition) is 3. The van der Waals surface area contributed by atoms with Gasteiger partial charge in [-0.25, -0.2) is 0 Å². The molecule has 0 bridgehead atoms. The van der Waals surface area contributed by atoms with Crippen LogP contribution in [0, 0.1) is 0 Å². The monoisotopic (exact) mass is 339 g/mol. The van der Waals surface area contributed by atoms with Gasteiger partial charge < -0.3 is 10.5 Å². The lowest BCUT2D eigenvalue weighted by molar-refractivity contribution is -0.138. The van der Waals surface area contributed by atoms with Gasteiger partial charge in [0.15, 0.2) is 0 Å². The lowest BCUT2D eigenvalue weighted by Crippen LogP contribution is -2.11. The molecule has 0 aliphatic rings. The van der Waals surface area contributed by atoms with E-state index in [1.54, 1.807) is 24.3 Å². The highest BCUT2D eigenvalue weighted by Crippen LogP contribution is 2.31. The predicted octanol–water partition coefficient (Wildman–Crippen LogP) is 4.45. The van der Waals surface area contributed by atoms with Gasteiger partial charge in [0.25, 0.3) is 0 Å². The SMILES string of the molecule is CCCOc1ccc(C=O)cc1.NCc1ccccc1C(F)(F)F. The molecule has 3 nitrogen and oxygen atoms in total. The lowest BCUT2D eigenvalue weighted by atomic mass is 10.1. The molecule has 0 unspecified atom stereocenters. The maximum Gasteiger partial charge on any atom is 0.416 e. The summed E-state index contributed by atoms with van der Waals surface area (Å²) in [4.78, 5) is 10.3. The zero-order chi connectivity index (χ0) is 18.0. The fourth-order valence-electron chi connectivity index (χ4n) is 1.84. The minimum absolute atomic E-state index is 0.0876.